The molecule has 0 unspecified atom stereocenters. The van der Waals surface area contributed by atoms with E-state index in [9.17, 15) is 4.79 Å². The first-order chi connectivity index (χ1) is 17.4. The summed E-state index contributed by atoms with van der Waals surface area (Å²) < 4.78 is 11.5. The number of aliphatic imine (C=N–C) groups is 1. The van der Waals surface area contributed by atoms with Gasteiger partial charge in [0.15, 0.2) is 16.7 Å². The third-order valence-electron chi connectivity index (χ3n) is 5.48. The number of nitrogens with zero attached hydrogens (tertiary/aromatic N) is 2. The fraction of sp³-hybridized carbons (Fsp3) is 0.214. The lowest BCUT2D eigenvalue weighted by Crippen LogP contribution is -2.29. The molecule has 0 N–H and O–H groups in total. The van der Waals surface area contributed by atoms with Gasteiger partial charge in [-0.05, 0) is 73.1 Å². The highest BCUT2D eigenvalue weighted by molar-refractivity contribution is 8.18. The number of amides is 1. The minimum Gasteiger partial charge on any atom is -0.493 e. The summed E-state index contributed by atoms with van der Waals surface area (Å²) in [6.45, 7) is 4.96. The van der Waals surface area contributed by atoms with Crippen molar-refractivity contribution in [3.63, 3.8) is 0 Å². The van der Waals surface area contributed by atoms with Crippen LogP contribution in [0.3, 0.4) is 0 Å². The van der Waals surface area contributed by atoms with Crippen LogP contribution in [-0.4, -0.2) is 29.6 Å². The fourth-order valence-corrected chi connectivity index (χ4v) is 5.07. The van der Waals surface area contributed by atoms with Crippen LogP contribution < -0.4 is 9.47 Å². The van der Waals surface area contributed by atoms with Crippen LogP contribution in [0.1, 0.15) is 30.0 Å². The molecule has 0 saturated carbocycles. The highest BCUT2D eigenvalue weighted by atomic mass is 35.5. The molecule has 0 bridgehead atoms. The van der Waals surface area contributed by atoms with Crippen molar-refractivity contribution in [3.8, 4) is 11.5 Å². The molecule has 8 heteroatoms. The maximum Gasteiger partial charge on any atom is 0.266 e. The number of halogens is 2. The normalized spacial score (nSPS) is 15.7. The summed E-state index contributed by atoms with van der Waals surface area (Å²) in [6, 6.07) is 18.8. The maximum atomic E-state index is 13.2. The van der Waals surface area contributed by atoms with E-state index in [1.807, 2.05) is 68.5 Å². The lowest BCUT2D eigenvalue weighted by molar-refractivity contribution is -0.122. The fourth-order valence-electron chi connectivity index (χ4n) is 3.58. The van der Waals surface area contributed by atoms with Gasteiger partial charge in [0.1, 0.15) is 6.61 Å². The zero-order valence-corrected chi connectivity index (χ0v) is 22.6. The van der Waals surface area contributed by atoms with Crippen molar-refractivity contribution in [2.24, 2.45) is 4.99 Å². The number of ether oxygens (including phenoxy) is 2. The summed E-state index contributed by atoms with van der Waals surface area (Å²) in [5.41, 5.74) is 3.63. The Morgan fingerprint density at radius 3 is 2.50 bits per heavy atom. The molecule has 36 heavy (non-hydrogen) atoms. The lowest BCUT2D eigenvalue weighted by Gasteiger charge is -2.14. The van der Waals surface area contributed by atoms with Crippen LogP contribution in [0.2, 0.25) is 10.0 Å². The van der Waals surface area contributed by atoms with Gasteiger partial charge in [-0.15, -0.1) is 0 Å². The van der Waals surface area contributed by atoms with Crippen molar-refractivity contribution in [1.82, 2.24) is 4.90 Å². The molecule has 1 saturated heterocycles. The Kier molecular flexibility index (Phi) is 8.62. The van der Waals surface area contributed by atoms with Crippen LogP contribution in [-0.2, 0) is 11.4 Å². The molecule has 186 valence electrons. The molecular formula is C28H26Cl2N2O3S. The molecular weight excluding hydrogens is 515 g/mol. The quantitative estimate of drug-likeness (QED) is 0.272. The van der Waals surface area contributed by atoms with E-state index in [-0.39, 0.29) is 12.5 Å². The second-order valence-electron chi connectivity index (χ2n) is 8.23. The van der Waals surface area contributed by atoms with Gasteiger partial charge in [-0.1, -0.05) is 60.0 Å². The number of carbonyl (C=O) groups excluding carboxylic acids is 1. The highest BCUT2D eigenvalue weighted by Gasteiger charge is 2.32. The Bertz CT molecular complexity index is 1320. The second kappa shape index (κ2) is 11.9. The smallest absolute Gasteiger partial charge is 0.266 e. The number of hydrogen-bond donors (Lipinski definition) is 0. The Morgan fingerprint density at radius 1 is 1.03 bits per heavy atom. The molecule has 4 rings (SSSR count). The summed E-state index contributed by atoms with van der Waals surface area (Å²) in [6.07, 6.45) is 2.69. The molecule has 1 fully saturated rings. The molecule has 3 aromatic carbocycles. The highest BCUT2D eigenvalue weighted by Crippen LogP contribution is 2.36. The number of hydrogen-bond acceptors (Lipinski definition) is 5. The van der Waals surface area contributed by atoms with E-state index >= 15 is 0 Å². The largest absolute Gasteiger partial charge is 0.493 e. The average Bonchev–Trinajstić information content (AvgIpc) is 3.14. The van der Waals surface area contributed by atoms with Crippen LogP contribution in [0.4, 0.5) is 5.69 Å². The van der Waals surface area contributed by atoms with E-state index in [0.717, 1.165) is 28.8 Å². The van der Waals surface area contributed by atoms with Gasteiger partial charge in [-0.25, -0.2) is 4.99 Å². The third kappa shape index (κ3) is 6.25. The van der Waals surface area contributed by atoms with Gasteiger partial charge in [0, 0.05) is 22.2 Å². The van der Waals surface area contributed by atoms with Gasteiger partial charge in [0.05, 0.1) is 17.7 Å². The Hall–Kier alpha value is -2.93. The van der Waals surface area contributed by atoms with E-state index in [1.54, 1.807) is 24.1 Å². The SMILES string of the molecule is CCCN1C(=O)/C(=C\c2ccc(OCc3ccc(Cl)cc3Cl)c(OC)c2)SC1=Nc1ccc(C)cc1. The first-order valence-electron chi connectivity index (χ1n) is 11.5. The van der Waals surface area contributed by atoms with E-state index in [2.05, 4.69) is 0 Å². The number of amidine groups is 1. The van der Waals surface area contributed by atoms with E-state index in [4.69, 9.17) is 37.7 Å². The van der Waals surface area contributed by atoms with E-state index in [1.165, 1.54) is 11.8 Å². The topological polar surface area (TPSA) is 51.1 Å². The van der Waals surface area contributed by atoms with Gasteiger partial charge >= 0.3 is 0 Å². The number of aryl methyl sites for hydroxylation is 1. The number of thioether (sulfide) groups is 1. The van der Waals surface area contributed by atoms with Crippen molar-refractivity contribution in [3.05, 3.63) is 92.3 Å². The number of methoxy groups -OCH3 is 1. The monoisotopic (exact) mass is 540 g/mol. The van der Waals surface area contributed by atoms with Gasteiger partial charge in [-0.3, -0.25) is 9.69 Å². The Morgan fingerprint density at radius 2 is 1.81 bits per heavy atom. The van der Waals surface area contributed by atoms with Crippen LogP contribution in [0.25, 0.3) is 6.08 Å². The summed E-state index contributed by atoms with van der Waals surface area (Å²) in [5.74, 6) is 1.08. The molecule has 1 aliphatic rings. The minimum atomic E-state index is -0.0515. The summed E-state index contributed by atoms with van der Waals surface area (Å²) in [4.78, 5) is 20.3. The third-order valence-corrected chi connectivity index (χ3v) is 7.07. The minimum absolute atomic E-state index is 0.0515. The van der Waals surface area contributed by atoms with Crippen molar-refractivity contribution in [2.75, 3.05) is 13.7 Å². The van der Waals surface area contributed by atoms with Gasteiger partial charge in [-0.2, -0.15) is 0 Å². The predicted molar refractivity (Wildman–Crippen MR) is 150 cm³/mol. The molecule has 0 aliphatic carbocycles. The molecule has 1 heterocycles. The molecule has 0 spiro atoms. The standard InChI is InChI=1S/C28H26Cl2N2O3S/c1-4-13-32-27(33)26(36-28(32)31-22-10-5-18(2)6-11-22)15-19-7-12-24(25(14-19)34-3)35-17-20-8-9-21(29)16-23(20)30/h5-12,14-16H,4,13,17H2,1-3H3/b26-15+,31-28?. The van der Waals surface area contributed by atoms with Crippen LogP contribution >= 0.6 is 35.0 Å². The number of carbonyl (C=O) groups is 1. The second-order valence-corrected chi connectivity index (χ2v) is 10.1. The van der Waals surface area contributed by atoms with Gasteiger partial charge in [0.2, 0.25) is 0 Å². The van der Waals surface area contributed by atoms with Gasteiger partial charge in [0.25, 0.3) is 5.91 Å². The van der Waals surface area contributed by atoms with Crippen LogP contribution in [0.15, 0.2) is 70.6 Å². The zero-order valence-electron chi connectivity index (χ0n) is 20.3. The number of rotatable bonds is 8. The summed E-state index contributed by atoms with van der Waals surface area (Å²) in [5, 5.41) is 1.80. The molecule has 0 aromatic heterocycles. The van der Waals surface area contributed by atoms with Crippen molar-refractivity contribution >= 4 is 57.8 Å². The van der Waals surface area contributed by atoms with E-state index in [0.29, 0.717) is 38.2 Å². The maximum absolute atomic E-state index is 13.2. The van der Waals surface area contributed by atoms with Crippen molar-refractivity contribution < 1.29 is 14.3 Å². The van der Waals surface area contributed by atoms with Crippen LogP contribution in [0, 0.1) is 6.92 Å². The Labute approximate surface area is 225 Å². The zero-order chi connectivity index (χ0) is 25.7. The molecule has 0 atom stereocenters. The van der Waals surface area contributed by atoms with Gasteiger partial charge < -0.3 is 9.47 Å². The average molecular weight is 542 g/mol. The van der Waals surface area contributed by atoms with Crippen molar-refractivity contribution in [1.29, 1.82) is 0 Å². The molecule has 1 aliphatic heterocycles. The molecule has 0 radical (unpaired) electrons. The van der Waals surface area contributed by atoms with Crippen LogP contribution in [0.5, 0.6) is 11.5 Å². The molecule has 3 aromatic rings. The van der Waals surface area contributed by atoms with E-state index < -0.39 is 0 Å². The summed E-state index contributed by atoms with van der Waals surface area (Å²) in [7, 11) is 1.58. The lowest BCUT2D eigenvalue weighted by atomic mass is 10.1. The molecule has 5 nitrogen and oxygen atoms in total. The first kappa shape index (κ1) is 26.1. The predicted octanol–water partition coefficient (Wildman–Crippen LogP) is 7.90. The first-order valence-corrected chi connectivity index (χ1v) is 13.1. The van der Waals surface area contributed by atoms with Crippen molar-refractivity contribution in [2.45, 2.75) is 26.9 Å². The Balaban J connectivity index is 1.55. The molecule has 1 amide bonds. The summed E-state index contributed by atoms with van der Waals surface area (Å²) >= 11 is 13.6. The number of benzene rings is 3.